The molecule has 6 heteroatoms. The van der Waals surface area contributed by atoms with Gasteiger partial charge in [0.15, 0.2) is 0 Å². The molecule has 0 saturated heterocycles. The van der Waals surface area contributed by atoms with Gasteiger partial charge in [-0.3, -0.25) is 0 Å². The maximum absolute atomic E-state index is 12.1. The van der Waals surface area contributed by atoms with Crippen molar-refractivity contribution in [3.63, 3.8) is 0 Å². The number of hydrogen-bond acceptors (Lipinski definition) is 4. The number of nitrogens with zero attached hydrogens (tertiary/aromatic N) is 1. The average Bonchev–Trinajstić information content (AvgIpc) is 3.02. The number of thiophene rings is 1. The minimum Gasteiger partial charge on any atom is -0.384 e. The van der Waals surface area contributed by atoms with Crippen molar-refractivity contribution in [1.29, 1.82) is 0 Å². The Labute approximate surface area is 140 Å². The highest BCUT2D eigenvalue weighted by molar-refractivity contribution is 7.08. The van der Waals surface area contributed by atoms with Crippen LogP contribution in [0.25, 0.3) is 0 Å². The van der Waals surface area contributed by atoms with Gasteiger partial charge in [-0.05, 0) is 60.0 Å². The third kappa shape index (κ3) is 4.46. The lowest BCUT2D eigenvalue weighted by molar-refractivity contribution is 0.0604. The molecule has 3 N–H and O–H groups in total. The number of hydrogen-bond donors (Lipinski definition) is 3. The van der Waals surface area contributed by atoms with Gasteiger partial charge < -0.3 is 20.6 Å². The number of aliphatic hydroxyl groups is 1. The molecule has 2 amide bonds. The van der Waals surface area contributed by atoms with Gasteiger partial charge in [0.2, 0.25) is 0 Å². The first-order chi connectivity index (χ1) is 10.8. The van der Waals surface area contributed by atoms with Gasteiger partial charge in [-0.1, -0.05) is 0 Å². The van der Waals surface area contributed by atoms with Crippen LogP contribution in [-0.4, -0.2) is 31.8 Å². The van der Waals surface area contributed by atoms with E-state index in [2.05, 4.69) is 10.6 Å². The molecule has 0 aliphatic rings. The molecule has 2 aromatic rings. The Balaban J connectivity index is 1.95. The molecule has 5 nitrogen and oxygen atoms in total. The largest absolute Gasteiger partial charge is 0.384 e. The summed E-state index contributed by atoms with van der Waals surface area (Å²) in [4.78, 5) is 14.1. The fourth-order valence-electron chi connectivity index (χ4n) is 2.16. The number of benzene rings is 1. The second-order valence-corrected chi connectivity index (χ2v) is 6.77. The molecule has 1 aromatic carbocycles. The van der Waals surface area contributed by atoms with Crippen LogP contribution in [0.3, 0.4) is 0 Å². The van der Waals surface area contributed by atoms with Crippen LogP contribution in [0.2, 0.25) is 0 Å². The van der Waals surface area contributed by atoms with Gasteiger partial charge in [-0.25, -0.2) is 4.79 Å². The van der Waals surface area contributed by atoms with Crippen molar-refractivity contribution in [3.05, 3.63) is 46.2 Å². The first-order valence-electron chi connectivity index (χ1n) is 7.37. The van der Waals surface area contributed by atoms with E-state index in [1.165, 1.54) is 11.3 Å². The molecule has 1 unspecified atom stereocenters. The molecular weight excluding hydrogens is 310 g/mol. The molecule has 2 rings (SSSR count). The van der Waals surface area contributed by atoms with E-state index in [1.54, 1.807) is 6.92 Å². The maximum atomic E-state index is 12.1. The quantitative estimate of drug-likeness (QED) is 0.787. The van der Waals surface area contributed by atoms with Gasteiger partial charge in [-0.2, -0.15) is 11.3 Å². The Morgan fingerprint density at radius 3 is 2.65 bits per heavy atom. The summed E-state index contributed by atoms with van der Waals surface area (Å²) < 4.78 is 0. The van der Waals surface area contributed by atoms with Crippen LogP contribution < -0.4 is 15.5 Å². The molecular formula is C17H23N3O2S. The average molecular weight is 333 g/mol. The van der Waals surface area contributed by atoms with Crippen molar-refractivity contribution in [2.45, 2.75) is 19.4 Å². The van der Waals surface area contributed by atoms with E-state index >= 15 is 0 Å². The highest BCUT2D eigenvalue weighted by atomic mass is 32.1. The molecule has 0 saturated carbocycles. The molecule has 1 heterocycles. The Hall–Kier alpha value is -2.05. The highest BCUT2D eigenvalue weighted by Gasteiger charge is 2.24. The van der Waals surface area contributed by atoms with Gasteiger partial charge in [0.25, 0.3) is 0 Å². The number of nitrogens with one attached hydrogen (secondary N) is 2. The lowest BCUT2D eigenvalue weighted by Gasteiger charge is -2.23. The minimum atomic E-state index is -1.08. The zero-order valence-electron chi connectivity index (χ0n) is 13.9. The van der Waals surface area contributed by atoms with Crippen LogP contribution in [0.1, 0.15) is 18.1 Å². The van der Waals surface area contributed by atoms with E-state index in [1.807, 2.05) is 60.9 Å². The van der Waals surface area contributed by atoms with Crippen molar-refractivity contribution in [1.82, 2.24) is 5.32 Å². The second-order valence-electron chi connectivity index (χ2n) is 5.99. The molecule has 23 heavy (non-hydrogen) atoms. The second kappa shape index (κ2) is 7.02. The first kappa shape index (κ1) is 17.3. The SMILES string of the molecule is Cc1cc(N(C)C)ccc1NC(=O)NCC(C)(O)c1ccsc1. The summed E-state index contributed by atoms with van der Waals surface area (Å²) in [5.74, 6) is 0. The molecule has 0 radical (unpaired) electrons. The van der Waals surface area contributed by atoms with Crippen molar-refractivity contribution in [3.8, 4) is 0 Å². The minimum absolute atomic E-state index is 0.143. The van der Waals surface area contributed by atoms with Gasteiger partial charge >= 0.3 is 6.03 Å². The summed E-state index contributed by atoms with van der Waals surface area (Å²) in [6.45, 7) is 3.78. The number of anilines is 2. The number of carbonyl (C=O) groups excluding carboxylic acids is 1. The van der Waals surface area contributed by atoms with Gasteiger partial charge in [0, 0.05) is 25.5 Å². The predicted molar refractivity (Wildman–Crippen MR) is 96.4 cm³/mol. The van der Waals surface area contributed by atoms with Crippen molar-refractivity contribution < 1.29 is 9.90 Å². The standard InChI is InChI=1S/C17H23N3O2S/c1-12-9-14(20(3)4)5-6-15(12)19-16(21)18-11-17(2,22)13-7-8-23-10-13/h5-10,22H,11H2,1-4H3,(H2,18,19,21). The van der Waals surface area contributed by atoms with E-state index in [4.69, 9.17) is 0 Å². The summed E-state index contributed by atoms with van der Waals surface area (Å²) >= 11 is 1.52. The highest BCUT2D eigenvalue weighted by Crippen LogP contribution is 2.23. The Kier molecular flexibility index (Phi) is 5.28. The van der Waals surface area contributed by atoms with Gasteiger partial charge in [-0.15, -0.1) is 0 Å². The van der Waals surface area contributed by atoms with Crippen molar-refractivity contribution in [2.24, 2.45) is 0 Å². The van der Waals surface area contributed by atoms with Crippen molar-refractivity contribution in [2.75, 3.05) is 30.9 Å². The molecule has 0 bridgehead atoms. The van der Waals surface area contributed by atoms with Crippen LogP contribution in [-0.2, 0) is 5.60 Å². The Morgan fingerprint density at radius 2 is 2.09 bits per heavy atom. The number of amides is 2. The summed E-state index contributed by atoms with van der Waals surface area (Å²) in [5, 5.41) is 19.7. The normalized spacial score (nSPS) is 13.3. The molecule has 0 fully saturated rings. The van der Waals surface area contributed by atoms with E-state index in [-0.39, 0.29) is 12.6 Å². The van der Waals surface area contributed by atoms with E-state index in [0.717, 1.165) is 22.5 Å². The number of urea groups is 1. The Morgan fingerprint density at radius 1 is 1.35 bits per heavy atom. The molecule has 1 atom stereocenters. The fourth-order valence-corrected chi connectivity index (χ4v) is 2.94. The Bertz CT molecular complexity index is 666. The fraction of sp³-hybridized carbons (Fsp3) is 0.353. The van der Waals surface area contributed by atoms with E-state index in [0.29, 0.717) is 0 Å². The smallest absolute Gasteiger partial charge is 0.319 e. The topological polar surface area (TPSA) is 64.6 Å². The van der Waals surface area contributed by atoms with Crippen LogP contribution in [0.15, 0.2) is 35.0 Å². The molecule has 0 aliphatic heterocycles. The summed E-state index contributed by atoms with van der Waals surface area (Å²) in [6, 6.07) is 7.36. The van der Waals surface area contributed by atoms with E-state index < -0.39 is 5.60 Å². The number of rotatable bonds is 5. The lowest BCUT2D eigenvalue weighted by Crippen LogP contribution is -2.40. The van der Waals surface area contributed by atoms with Crippen LogP contribution >= 0.6 is 11.3 Å². The monoisotopic (exact) mass is 333 g/mol. The third-order valence-corrected chi connectivity index (χ3v) is 4.39. The summed E-state index contributed by atoms with van der Waals surface area (Å²) in [6.07, 6.45) is 0. The number of aryl methyl sites for hydroxylation is 1. The lowest BCUT2D eigenvalue weighted by atomic mass is 9.99. The van der Waals surface area contributed by atoms with Crippen LogP contribution in [0.4, 0.5) is 16.2 Å². The van der Waals surface area contributed by atoms with Gasteiger partial charge in [0.05, 0.1) is 6.54 Å². The molecule has 0 spiro atoms. The van der Waals surface area contributed by atoms with Gasteiger partial charge in [0.1, 0.15) is 5.60 Å². The molecule has 0 aliphatic carbocycles. The predicted octanol–water partition coefficient (Wildman–Crippen LogP) is 3.15. The molecule has 1 aromatic heterocycles. The van der Waals surface area contributed by atoms with E-state index in [9.17, 15) is 9.90 Å². The molecule has 124 valence electrons. The number of carbonyl (C=O) groups is 1. The summed E-state index contributed by atoms with van der Waals surface area (Å²) in [5.41, 5.74) is 2.53. The summed E-state index contributed by atoms with van der Waals surface area (Å²) in [7, 11) is 3.95. The van der Waals surface area contributed by atoms with Crippen LogP contribution in [0, 0.1) is 6.92 Å². The van der Waals surface area contributed by atoms with Crippen molar-refractivity contribution >= 4 is 28.7 Å². The van der Waals surface area contributed by atoms with Crippen LogP contribution in [0.5, 0.6) is 0 Å². The zero-order valence-corrected chi connectivity index (χ0v) is 14.7. The first-order valence-corrected chi connectivity index (χ1v) is 8.32. The maximum Gasteiger partial charge on any atom is 0.319 e. The third-order valence-electron chi connectivity index (χ3n) is 3.71. The zero-order chi connectivity index (χ0) is 17.0.